The summed E-state index contributed by atoms with van der Waals surface area (Å²) < 4.78 is 26.6. The molecule has 0 N–H and O–H groups in total. The third-order valence-electron chi connectivity index (χ3n) is 3.64. The Bertz CT molecular complexity index is 919. The monoisotopic (exact) mass is 385 g/mol. The highest BCUT2D eigenvalue weighted by molar-refractivity contribution is 7.90. The highest BCUT2D eigenvalue weighted by Crippen LogP contribution is 2.29. The zero-order valence-corrected chi connectivity index (χ0v) is 15.1. The summed E-state index contributed by atoms with van der Waals surface area (Å²) in [6, 6.07) is 6.00. The molecule has 0 radical (unpaired) electrons. The van der Waals surface area contributed by atoms with Crippen molar-refractivity contribution in [3.8, 4) is 0 Å². The maximum Gasteiger partial charge on any atom is 0.290 e. The molecular weight excluding hydrogens is 370 g/mol. The van der Waals surface area contributed by atoms with Gasteiger partial charge in [0.2, 0.25) is 0 Å². The average molecular weight is 386 g/mol. The van der Waals surface area contributed by atoms with Crippen molar-refractivity contribution in [2.75, 3.05) is 13.1 Å². The normalized spacial score (nSPS) is 11.3. The fourth-order valence-corrected chi connectivity index (χ4v) is 4.13. The maximum absolute atomic E-state index is 12.9. The van der Waals surface area contributed by atoms with Gasteiger partial charge in [-0.3, -0.25) is 14.9 Å². The fourth-order valence-electron chi connectivity index (χ4n) is 2.37. The van der Waals surface area contributed by atoms with E-state index in [1.807, 2.05) is 0 Å². The summed E-state index contributed by atoms with van der Waals surface area (Å²) >= 11 is 5.82. The van der Waals surface area contributed by atoms with Gasteiger partial charge in [-0.05, 0) is 38.1 Å². The molecule has 134 valence electrons. The van der Waals surface area contributed by atoms with Crippen LogP contribution in [0.3, 0.4) is 0 Å². The van der Waals surface area contributed by atoms with Gasteiger partial charge in [-0.25, -0.2) is 12.4 Å². The Morgan fingerprint density at radius 1 is 1.28 bits per heavy atom. The zero-order valence-electron chi connectivity index (χ0n) is 13.5. The molecule has 1 aromatic carbocycles. The van der Waals surface area contributed by atoms with Gasteiger partial charge in [-0.2, -0.15) is 0 Å². The number of nitrogens with zero attached hydrogens (tertiary/aromatic N) is 3. The van der Waals surface area contributed by atoms with Crippen molar-refractivity contribution in [1.29, 1.82) is 0 Å². The Labute approximate surface area is 149 Å². The highest BCUT2D eigenvalue weighted by atomic mass is 35.5. The zero-order chi connectivity index (χ0) is 18.8. The number of nitro groups is 1. The molecule has 0 atom stereocenters. The Kier molecular flexibility index (Phi) is 5.48. The quantitative estimate of drug-likeness (QED) is 0.561. The van der Waals surface area contributed by atoms with Crippen LogP contribution in [0.4, 0.5) is 5.69 Å². The summed E-state index contributed by atoms with van der Waals surface area (Å²) in [5.41, 5.74) is -0.711. The third kappa shape index (κ3) is 3.52. The van der Waals surface area contributed by atoms with E-state index in [1.54, 1.807) is 13.8 Å². The number of nitro benzene ring substituents is 1. The second kappa shape index (κ2) is 7.24. The molecule has 2 rings (SSSR count). The van der Waals surface area contributed by atoms with E-state index in [0.29, 0.717) is 13.1 Å². The van der Waals surface area contributed by atoms with Crippen LogP contribution >= 0.6 is 11.6 Å². The molecule has 0 aliphatic carbocycles. The number of benzene rings is 1. The van der Waals surface area contributed by atoms with E-state index in [-0.39, 0.29) is 10.7 Å². The van der Waals surface area contributed by atoms with Crippen molar-refractivity contribution in [3.05, 3.63) is 57.4 Å². The lowest BCUT2D eigenvalue weighted by Crippen LogP contribution is -2.33. The van der Waals surface area contributed by atoms with Gasteiger partial charge in [0.05, 0.1) is 4.92 Å². The molecule has 1 heterocycles. The van der Waals surface area contributed by atoms with Crippen molar-refractivity contribution < 1.29 is 18.1 Å². The minimum atomic E-state index is -4.38. The molecule has 0 fully saturated rings. The topological polar surface area (TPSA) is 103 Å². The van der Waals surface area contributed by atoms with Crippen LogP contribution in [-0.2, 0) is 10.0 Å². The second-order valence-electron chi connectivity index (χ2n) is 5.04. The lowest BCUT2D eigenvalue weighted by atomic mass is 10.3. The standard InChI is InChI=1S/C15H16ClN3O5S/c1-3-17(4-2)15(20)13-6-5-9-18(13)25(23,24)14-10-11(16)7-8-12(14)19(21)22/h5-10H,3-4H2,1-2H3. The first-order valence-corrected chi connectivity index (χ1v) is 9.22. The predicted molar refractivity (Wildman–Crippen MR) is 92.4 cm³/mol. The minimum Gasteiger partial charge on any atom is -0.338 e. The van der Waals surface area contributed by atoms with Gasteiger partial charge in [-0.1, -0.05) is 11.6 Å². The van der Waals surface area contributed by atoms with Gasteiger partial charge in [-0.15, -0.1) is 0 Å². The van der Waals surface area contributed by atoms with Gasteiger partial charge in [0.25, 0.3) is 21.6 Å². The lowest BCUT2D eigenvalue weighted by molar-refractivity contribution is -0.387. The number of hydrogen-bond acceptors (Lipinski definition) is 5. The Balaban J connectivity index is 2.65. The number of carbonyl (C=O) groups is 1. The first-order chi connectivity index (χ1) is 11.7. The summed E-state index contributed by atoms with van der Waals surface area (Å²) in [5.74, 6) is -0.483. The molecule has 0 unspecified atom stereocenters. The van der Waals surface area contributed by atoms with Crippen molar-refractivity contribution in [2.45, 2.75) is 18.7 Å². The number of aromatic nitrogens is 1. The third-order valence-corrected chi connectivity index (χ3v) is 5.59. The molecular formula is C15H16ClN3O5S. The van der Waals surface area contributed by atoms with E-state index in [9.17, 15) is 23.3 Å². The maximum atomic E-state index is 12.9. The van der Waals surface area contributed by atoms with E-state index in [4.69, 9.17) is 11.6 Å². The summed E-state index contributed by atoms with van der Waals surface area (Å²) in [4.78, 5) is 23.8. The van der Waals surface area contributed by atoms with Crippen LogP contribution in [0.2, 0.25) is 5.02 Å². The summed E-state index contributed by atoms with van der Waals surface area (Å²) in [6.07, 6.45) is 1.18. The number of amides is 1. The predicted octanol–water partition coefficient (Wildman–Crippen LogP) is 2.77. The van der Waals surface area contributed by atoms with Gasteiger partial charge in [0.1, 0.15) is 5.69 Å². The molecule has 0 aliphatic rings. The molecule has 0 aliphatic heterocycles. The van der Waals surface area contributed by atoms with Crippen LogP contribution in [0.15, 0.2) is 41.4 Å². The van der Waals surface area contributed by atoms with Gasteiger partial charge >= 0.3 is 0 Å². The van der Waals surface area contributed by atoms with Gasteiger partial charge in [0.15, 0.2) is 4.90 Å². The molecule has 0 spiro atoms. The van der Waals surface area contributed by atoms with Gasteiger partial charge < -0.3 is 4.90 Å². The van der Waals surface area contributed by atoms with Gasteiger partial charge in [0, 0.05) is 30.4 Å². The van der Waals surface area contributed by atoms with Crippen molar-refractivity contribution >= 4 is 33.2 Å². The van der Waals surface area contributed by atoms with E-state index in [1.165, 1.54) is 29.3 Å². The molecule has 0 bridgehead atoms. The van der Waals surface area contributed by atoms with Crippen LogP contribution < -0.4 is 0 Å². The first kappa shape index (κ1) is 18.9. The SMILES string of the molecule is CCN(CC)C(=O)c1cccn1S(=O)(=O)c1cc(Cl)ccc1[N+](=O)[O-]. The average Bonchev–Trinajstić information content (AvgIpc) is 3.06. The number of hydrogen-bond donors (Lipinski definition) is 0. The van der Waals surface area contributed by atoms with Crippen LogP contribution in [0.5, 0.6) is 0 Å². The Morgan fingerprint density at radius 3 is 2.48 bits per heavy atom. The molecule has 10 heteroatoms. The van der Waals surface area contributed by atoms with E-state index < -0.39 is 31.4 Å². The smallest absolute Gasteiger partial charge is 0.290 e. The second-order valence-corrected chi connectivity index (χ2v) is 7.26. The van der Waals surface area contributed by atoms with E-state index in [0.717, 1.165) is 16.1 Å². The summed E-state index contributed by atoms with van der Waals surface area (Å²) in [7, 11) is -4.38. The number of halogens is 1. The summed E-state index contributed by atoms with van der Waals surface area (Å²) in [6.45, 7) is 4.34. The fraction of sp³-hybridized carbons (Fsp3) is 0.267. The Hall–Kier alpha value is -2.39. The van der Waals surface area contributed by atoms with E-state index >= 15 is 0 Å². The van der Waals surface area contributed by atoms with Crippen LogP contribution in [0.1, 0.15) is 24.3 Å². The molecule has 25 heavy (non-hydrogen) atoms. The molecule has 0 saturated carbocycles. The van der Waals surface area contributed by atoms with Crippen molar-refractivity contribution in [2.24, 2.45) is 0 Å². The number of carbonyl (C=O) groups excluding carboxylic acids is 1. The highest BCUT2D eigenvalue weighted by Gasteiger charge is 2.31. The largest absolute Gasteiger partial charge is 0.338 e. The van der Waals surface area contributed by atoms with Crippen LogP contribution in [0.25, 0.3) is 0 Å². The van der Waals surface area contributed by atoms with E-state index in [2.05, 4.69) is 0 Å². The lowest BCUT2D eigenvalue weighted by Gasteiger charge is -2.19. The van der Waals surface area contributed by atoms with Crippen molar-refractivity contribution in [1.82, 2.24) is 8.87 Å². The summed E-state index contributed by atoms with van der Waals surface area (Å²) in [5, 5.41) is 11.2. The molecule has 8 nitrogen and oxygen atoms in total. The minimum absolute atomic E-state index is 0.0351. The first-order valence-electron chi connectivity index (χ1n) is 7.40. The molecule has 2 aromatic rings. The number of rotatable bonds is 6. The molecule has 0 saturated heterocycles. The molecule has 1 aromatic heterocycles. The van der Waals surface area contributed by atoms with Crippen molar-refractivity contribution in [3.63, 3.8) is 0 Å². The van der Waals surface area contributed by atoms with Crippen LogP contribution in [0, 0.1) is 10.1 Å². The van der Waals surface area contributed by atoms with Crippen LogP contribution in [-0.4, -0.2) is 41.2 Å². The Morgan fingerprint density at radius 2 is 1.92 bits per heavy atom. The molecule has 1 amide bonds.